The van der Waals surface area contributed by atoms with Crippen LogP contribution >= 0.6 is 0 Å². The Morgan fingerprint density at radius 2 is 1.50 bits per heavy atom. The lowest BCUT2D eigenvalue weighted by Crippen LogP contribution is -2.23. The second kappa shape index (κ2) is 6.29. The van der Waals surface area contributed by atoms with Crippen molar-refractivity contribution in [3.8, 4) is 0 Å². The maximum absolute atomic E-state index is 2.49. The Balaban J connectivity index is 4.50. The van der Waals surface area contributed by atoms with Crippen LogP contribution in [0, 0.1) is 0 Å². The predicted molar refractivity (Wildman–Crippen MR) is 60.5 cm³/mol. The van der Waals surface area contributed by atoms with E-state index in [0.717, 1.165) is 13.1 Å². The first-order valence-corrected chi connectivity index (χ1v) is 6.14. The summed E-state index contributed by atoms with van der Waals surface area (Å²) in [7, 11) is 1.23. The molecule has 0 spiro atoms. The van der Waals surface area contributed by atoms with Crippen LogP contribution in [0.5, 0.6) is 0 Å². The minimum Gasteiger partial charge on any atom is -0.376 e. The van der Waals surface area contributed by atoms with Crippen LogP contribution in [0.25, 0.3) is 0 Å². The molecule has 0 radical (unpaired) electrons. The minimum absolute atomic E-state index is 1.16. The highest BCUT2D eigenvalue weighted by Gasteiger charge is 2.05. The van der Waals surface area contributed by atoms with Crippen molar-refractivity contribution in [3.63, 3.8) is 0 Å². The molecule has 0 amide bonds. The van der Waals surface area contributed by atoms with Gasteiger partial charge in [0.2, 0.25) is 0 Å². The van der Waals surface area contributed by atoms with Gasteiger partial charge in [0.05, 0.1) is 0 Å². The molecule has 12 heavy (non-hydrogen) atoms. The molecule has 0 heterocycles. The zero-order valence-electron chi connectivity index (χ0n) is 9.28. The normalized spacial score (nSPS) is 13.0. The van der Waals surface area contributed by atoms with E-state index in [-0.39, 0.29) is 0 Å². The van der Waals surface area contributed by atoms with Crippen molar-refractivity contribution in [3.05, 3.63) is 10.9 Å². The summed E-state index contributed by atoms with van der Waals surface area (Å²) in [5, 5.41) is 1.68. The van der Waals surface area contributed by atoms with Gasteiger partial charge in [0.1, 0.15) is 0 Å². The second-order valence-electron chi connectivity index (χ2n) is 3.11. The largest absolute Gasteiger partial charge is 0.376 e. The molecule has 0 aromatic carbocycles. The van der Waals surface area contributed by atoms with Gasteiger partial charge in [0.15, 0.2) is 0 Å². The van der Waals surface area contributed by atoms with Crippen LogP contribution in [0.15, 0.2) is 10.9 Å². The van der Waals surface area contributed by atoms with Gasteiger partial charge >= 0.3 is 0 Å². The summed E-state index contributed by atoms with van der Waals surface area (Å²) in [5.74, 6) is 0. The molecule has 0 fully saturated rings. The highest BCUT2D eigenvalue weighted by molar-refractivity contribution is 6.21. The van der Waals surface area contributed by atoms with Crippen molar-refractivity contribution in [1.82, 2.24) is 4.90 Å². The third-order valence-electron chi connectivity index (χ3n) is 2.50. The number of rotatable bonds is 5. The van der Waals surface area contributed by atoms with Gasteiger partial charge in [-0.3, -0.25) is 0 Å². The second-order valence-corrected chi connectivity index (χ2v) is 4.31. The van der Waals surface area contributed by atoms with Crippen molar-refractivity contribution >= 4 is 10.2 Å². The lowest BCUT2D eigenvalue weighted by molar-refractivity contribution is 0.368. The minimum atomic E-state index is 1.16. The Labute approximate surface area is 80.3 Å². The molecule has 0 rings (SSSR count). The van der Waals surface area contributed by atoms with Gasteiger partial charge in [-0.25, -0.2) is 0 Å². The highest BCUT2D eigenvalue weighted by Crippen LogP contribution is 2.13. The fraction of sp³-hybridized carbons (Fsp3) is 0.800. The van der Waals surface area contributed by atoms with Crippen molar-refractivity contribution in [2.45, 2.75) is 40.5 Å². The van der Waals surface area contributed by atoms with E-state index >= 15 is 0 Å². The number of allylic oxidation sites excluding steroid dienone is 2. The average Bonchev–Trinajstić information content (AvgIpc) is 2.12. The molecule has 0 saturated carbocycles. The molecule has 0 aromatic rings. The first-order valence-electron chi connectivity index (χ1n) is 5.14. The Bertz CT molecular complexity index is 148. The molecular weight excluding hydrogens is 162 g/mol. The van der Waals surface area contributed by atoms with Gasteiger partial charge in [-0.15, -0.1) is 0 Å². The van der Waals surface area contributed by atoms with E-state index < -0.39 is 0 Å². The molecule has 72 valence electrons. The molecule has 0 aliphatic rings. The summed E-state index contributed by atoms with van der Waals surface area (Å²) in [6.07, 6.45) is 2.44. The SMILES string of the molecule is CCC([SiH3])=C(CC)N(CC)CC. The monoisotopic (exact) mass is 185 g/mol. The quantitative estimate of drug-likeness (QED) is 0.590. The van der Waals surface area contributed by atoms with E-state index in [9.17, 15) is 0 Å². The summed E-state index contributed by atoms with van der Waals surface area (Å²) in [6.45, 7) is 11.3. The molecule has 1 nitrogen and oxygen atoms in total. The molecule has 0 atom stereocenters. The Kier molecular flexibility index (Phi) is 6.16. The predicted octanol–water partition coefficient (Wildman–Crippen LogP) is 1.73. The molecule has 2 heteroatoms. The van der Waals surface area contributed by atoms with E-state index in [4.69, 9.17) is 0 Å². The third kappa shape index (κ3) is 3.01. The summed E-state index contributed by atoms with van der Waals surface area (Å²) in [6, 6.07) is 0. The van der Waals surface area contributed by atoms with Crippen LogP contribution in [-0.2, 0) is 0 Å². The van der Waals surface area contributed by atoms with Gasteiger partial charge in [0, 0.05) is 29.0 Å². The van der Waals surface area contributed by atoms with Gasteiger partial charge in [-0.05, 0) is 26.7 Å². The maximum Gasteiger partial charge on any atom is 0.0355 e. The van der Waals surface area contributed by atoms with E-state index in [2.05, 4.69) is 32.6 Å². The van der Waals surface area contributed by atoms with Crippen LogP contribution in [0.1, 0.15) is 40.5 Å². The molecule has 0 aromatic heterocycles. The Morgan fingerprint density at radius 3 is 1.75 bits per heavy atom. The molecule has 0 unspecified atom stereocenters. The van der Waals surface area contributed by atoms with Gasteiger partial charge in [-0.1, -0.05) is 19.0 Å². The molecule has 0 bridgehead atoms. The van der Waals surface area contributed by atoms with E-state index in [1.165, 1.54) is 23.1 Å². The van der Waals surface area contributed by atoms with Gasteiger partial charge in [0.25, 0.3) is 0 Å². The van der Waals surface area contributed by atoms with Crippen molar-refractivity contribution in [2.75, 3.05) is 13.1 Å². The van der Waals surface area contributed by atoms with Gasteiger partial charge in [-0.2, -0.15) is 0 Å². The first-order chi connectivity index (χ1) is 5.71. The zero-order chi connectivity index (χ0) is 9.56. The average molecular weight is 185 g/mol. The van der Waals surface area contributed by atoms with Crippen LogP contribution in [-0.4, -0.2) is 28.2 Å². The molecule has 0 aliphatic carbocycles. The topological polar surface area (TPSA) is 3.24 Å². The van der Waals surface area contributed by atoms with E-state index in [1.54, 1.807) is 10.9 Å². The smallest absolute Gasteiger partial charge is 0.0355 e. The summed E-state index contributed by atoms with van der Waals surface area (Å²) in [4.78, 5) is 2.49. The summed E-state index contributed by atoms with van der Waals surface area (Å²) >= 11 is 0. The highest BCUT2D eigenvalue weighted by atomic mass is 28.1. The lowest BCUT2D eigenvalue weighted by Gasteiger charge is -2.26. The Hall–Kier alpha value is -0.243. The molecular formula is C10H23NSi. The van der Waals surface area contributed by atoms with Crippen LogP contribution < -0.4 is 0 Å². The Morgan fingerprint density at radius 1 is 1.00 bits per heavy atom. The summed E-state index contributed by atoms with van der Waals surface area (Å²) in [5.41, 5.74) is 1.61. The molecule has 0 saturated heterocycles. The maximum atomic E-state index is 2.49. The molecule has 0 N–H and O–H groups in total. The van der Waals surface area contributed by atoms with Crippen LogP contribution in [0.4, 0.5) is 0 Å². The standard InChI is InChI=1S/C10H23NSi/c1-5-9(10(12)6-2)11(7-3)8-4/h5-8H2,1-4,12H3. The van der Waals surface area contributed by atoms with Crippen molar-refractivity contribution in [1.29, 1.82) is 0 Å². The number of hydrogen-bond acceptors (Lipinski definition) is 1. The fourth-order valence-corrected chi connectivity index (χ4v) is 2.27. The van der Waals surface area contributed by atoms with Crippen LogP contribution in [0.3, 0.4) is 0 Å². The van der Waals surface area contributed by atoms with Crippen molar-refractivity contribution < 1.29 is 0 Å². The van der Waals surface area contributed by atoms with Crippen molar-refractivity contribution in [2.24, 2.45) is 0 Å². The fourth-order valence-electron chi connectivity index (χ4n) is 1.60. The lowest BCUT2D eigenvalue weighted by atomic mass is 10.2. The zero-order valence-corrected chi connectivity index (χ0v) is 11.3. The summed E-state index contributed by atoms with van der Waals surface area (Å²) < 4.78 is 0. The number of nitrogens with zero attached hydrogens (tertiary/aromatic N) is 1. The first kappa shape index (κ1) is 11.8. The van der Waals surface area contributed by atoms with Gasteiger partial charge < -0.3 is 4.90 Å². The van der Waals surface area contributed by atoms with E-state index in [1.807, 2.05) is 0 Å². The third-order valence-corrected chi connectivity index (χ3v) is 3.79. The van der Waals surface area contributed by atoms with E-state index in [0.29, 0.717) is 0 Å². The number of hydrogen-bond donors (Lipinski definition) is 0. The molecule has 0 aliphatic heterocycles. The van der Waals surface area contributed by atoms with Crippen LogP contribution in [0.2, 0.25) is 0 Å².